The molecule has 0 radical (unpaired) electrons. The van der Waals surface area contributed by atoms with Crippen molar-refractivity contribution < 1.29 is 28.8 Å². The van der Waals surface area contributed by atoms with E-state index in [9.17, 15) is 28.8 Å². The molecule has 6 amide bonds. The van der Waals surface area contributed by atoms with E-state index in [1.165, 1.54) is 0 Å². The molecule has 0 saturated carbocycles. The Kier molecular flexibility index (Phi) is 16.8. The molecule has 202 valence electrons. The highest BCUT2D eigenvalue weighted by atomic mass is 32.1. The molecule has 9 N–H and O–H groups in total. The van der Waals surface area contributed by atoms with Crippen LogP contribution in [0.5, 0.6) is 0 Å². The molecule has 0 unspecified atom stereocenters. The van der Waals surface area contributed by atoms with Crippen LogP contribution in [-0.4, -0.2) is 84.2 Å². The first-order valence-corrected chi connectivity index (χ1v) is 12.4. The van der Waals surface area contributed by atoms with E-state index >= 15 is 0 Å². The van der Waals surface area contributed by atoms with Crippen molar-refractivity contribution >= 4 is 60.7 Å². The number of hydrogen-bond donors (Lipinski definition) is 9. The number of unbranched alkanes of at least 4 members (excludes halogenated alkanes) is 1. The quantitative estimate of drug-likeness (QED) is 0.0665. The van der Waals surface area contributed by atoms with E-state index in [2.05, 4.69) is 57.8 Å². The number of terminal acetylenes is 1. The van der Waals surface area contributed by atoms with Gasteiger partial charge in [0.1, 0.15) is 18.1 Å². The van der Waals surface area contributed by atoms with E-state index in [1.807, 2.05) is 6.92 Å². The van der Waals surface area contributed by atoms with Gasteiger partial charge >= 0.3 is 0 Å². The summed E-state index contributed by atoms with van der Waals surface area (Å²) in [5.74, 6) is -2.04. The molecule has 0 aromatic rings. The summed E-state index contributed by atoms with van der Waals surface area (Å²) in [4.78, 5) is 73.0. The zero-order valence-corrected chi connectivity index (χ0v) is 21.8. The lowest BCUT2D eigenvalue weighted by Crippen LogP contribution is -2.56. The first-order valence-electron chi connectivity index (χ1n) is 11.1. The summed E-state index contributed by atoms with van der Waals surface area (Å²) in [6.07, 6.45) is 6.19. The minimum absolute atomic E-state index is 0.00000598. The number of thiol groups is 2. The number of amides is 6. The van der Waals surface area contributed by atoms with Crippen LogP contribution in [0.3, 0.4) is 0 Å². The van der Waals surface area contributed by atoms with Crippen molar-refractivity contribution in [2.24, 2.45) is 11.5 Å². The van der Waals surface area contributed by atoms with Gasteiger partial charge in [-0.25, -0.2) is 0 Å². The zero-order valence-electron chi connectivity index (χ0n) is 20.0. The number of hydrogen-bond acceptors (Lipinski definition) is 9. The molecule has 0 aliphatic heterocycles. The number of carbonyl (C=O) groups is 6. The third kappa shape index (κ3) is 13.2. The van der Waals surface area contributed by atoms with Gasteiger partial charge in [0.15, 0.2) is 0 Å². The van der Waals surface area contributed by atoms with Crippen LogP contribution in [-0.2, 0) is 28.8 Å². The van der Waals surface area contributed by atoms with Crippen molar-refractivity contribution in [2.75, 3.05) is 24.6 Å². The van der Waals surface area contributed by atoms with Crippen LogP contribution in [0.25, 0.3) is 0 Å². The van der Waals surface area contributed by atoms with Gasteiger partial charge in [0.05, 0.1) is 25.6 Å². The van der Waals surface area contributed by atoms with Crippen LogP contribution in [0, 0.1) is 12.3 Å². The molecule has 0 fully saturated rings. The van der Waals surface area contributed by atoms with Gasteiger partial charge in [-0.05, 0) is 6.42 Å². The molecule has 0 aliphatic rings. The molecule has 4 atom stereocenters. The Hall–Kier alpha value is -2.96. The van der Waals surface area contributed by atoms with Crippen molar-refractivity contribution in [2.45, 2.75) is 56.8 Å². The van der Waals surface area contributed by atoms with Gasteiger partial charge in [-0.3, -0.25) is 28.8 Å². The predicted molar refractivity (Wildman–Crippen MR) is 140 cm³/mol. The fraction of sp³-hybridized carbons (Fsp3) is 0.619. The van der Waals surface area contributed by atoms with Crippen LogP contribution >= 0.6 is 25.3 Å². The molecule has 0 aromatic heterocycles. The second-order valence-electron chi connectivity index (χ2n) is 7.67. The molecule has 0 saturated heterocycles. The largest absolute Gasteiger partial charge is 0.370 e. The SMILES string of the molecule is C#CCNC(=O)[C@@H](CS)NC(=O)[C@@H](CCCC)NC(=O)CNC(=O)[C@@H](CC(N)=O)NC(=O)[C@H](N)CS. The van der Waals surface area contributed by atoms with Crippen LogP contribution in [0.4, 0.5) is 0 Å². The molecule has 0 heterocycles. The molecular formula is C21H35N7O6S2. The van der Waals surface area contributed by atoms with Crippen molar-refractivity contribution in [3.63, 3.8) is 0 Å². The minimum atomic E-state index is -1.36. The summed E-state index contributed by atoms with van der Waals surface area (Å²) in [6.45, 7) is 1.32. The fourth-order valence-corrected chi connectivity index (χ4v) is 3.14. The van der Waals surface area contributed by atoms with Crippen molar-refractivity contribution in [3.05, 3.63) is 0 Å². The third-order valence-electron chi connectivity index (χ3n) is 4.67. The highest BCUT2D eigenvalue weighted by Gasteiger charge is 2.28. The predicted octanol–water partition coefficient (Wildman–Crippen LogP) is -3.44. The van der Waals surface area contributed by atoms with E-state index in [0.29, 0.717) is 6.42 Å². The van der Waals surface area contributed by atoms with E-state index in [-0.39, 0.29) is 24.5 Å². The molecule has 0 bridgehead atoms. The molecule has 0 spiro atoms. The average molecular weight is 546 g/mol. The maximum atomic E-state index is 12.7. The zero-order chi connectivity index (χ0) is 27.7. The van der Waals surface area contributed by atoms with Gasteiger partial charge in [0, 0.05) is 11.5 Å². The van der Waals surface area contributed by atoms with E-state index in [1.54, 1.807) is 0 Å². The van der Waals surface area contributed by atoms with Crippen LogP contribution in [0.2, 0.25) is 0 Å². The lowest BCUT2D eigenvalue weighted by Gasteiger charge is -2.22. The lowest BCUT2D eigenvalue weighted by atomic mass is 10.1. The van der Waals surface area contributed by atoms with E-state index in [4.69, 9.17) is 17.9 Å². The Labute approximate surface area is 221 Å². The van der Waals surface area contributed by atoms with Gasteiger partial charge < -0.3 is 38.1 Å². The van der Waals surface area contributed by atoms with Gasteiger partial charge in [0.2, 0.25) is 35.4 Å². The number of rotatable bonds is 17. The summed E-state index contributed by atoms with van der Waals surface area (Å²) in [7, 11) is 0. The number of nitrogens with one attached hydrogen (secondary N) is 5. The van der Waals surface area contributed by atoms with Crippen molar-refractivity contribution in [1.29, 1.82) is 0 Å². The first kappa shape index (κ1) is 33.0. The average Bonchev–Trinajstić information content (AvgIpc) is 2.85. The van der Waals surface area contributed by atoms with Crippen LogP contribution in [0.15, 0.2) is 0 Å². The second-order valence-corrected chi connectivity index (χ2v) is 8.40. The van der Waals surface area contributed by atoms with Gasteiger partial charge in [0.25, 0.3) is 0 Å². The topological polar surface area (TPSA) is 215 Å². The molecule has 36 heavy (non-hydrogen) atoms. The van der Waals surface area contributed by atoms with Crippen LogP contribution in [0.1, 0.15) is 32.6 Å². The number of nitrogens with two attached hydrogens (primary N) is 2. The standard InChI is InChI=1S/C21H35N7O6S2/c1-3-5-6-13(21(34)28-15(11-36)20(33)24-7-4-2)26-17(30)9-25-19(32)14(8-16(23)29)27-18(31)12(22)10-35/h2,12-15,35-36H,3,5-11,22H2,1H3,(H2,23,29)(H,24,33)(H,25,32)(H,26,30)(H,27,31)(H,28,34)/t12-,13-,14-,15-/m1/s1. The maximum Gasteiger partial charge on any atom is 0.244 e. The van der Waals surface area contributed by atoms with Gasteiger partial charge in [-0.2, -0.15) is 25.3 Å². The number of primary amides is 1. The molecule has 0 aromatic carbocycles. The van der Waals surface area contributed by atoms with E-state index < -0.39 is 72.6 Å². The summed E-state index contributed by atoms with van der Waals surface area (Å²) in [5.41, 5.74) is 10.7. The Morgan fingerprint density at radius 1 is 0.861 bits per heavy atom. The van der Waals surface area contributed by atoms with Gasteiger partial charge in [-0.1, -0.05) is 25.7 Å². The molecule has 13 nitrogen and oxygen atoms in total. The number of carbonyl (C=O) groups excluding carboxylic acids is 6. The molecule has 0 aliphatic carbocycles. The minimum Gasteiger partial charge on any atom is -0.370 e. The smallest absolute Gasteiger partial charge is 0.244 e. The van der Waals surface area contributed by atoms with Crippen molar-refractivity contribution in [1.82, 2.24) is 26.6 Å². The van der Waals surface area contributed by atoms with Gasteiger partial charge in [-0.15, -0.1) is 6.42 Å². The normalized spacial score (nSPS) is 13.6. The summed E-state index contributed by atoms with van der Waals surface area (Å²) < 4.78 is 0. The second kappa shape index (κ2) is 18.3. The Bertz CT molecular complexity index is 836. The van der Waals surface area contributed by atoms with E-state index in [0.717, 1.165) is 6.42 Å². The highest BCUT2D eigenvalue weighted by molar-refractivity contribution is 7.80. The maximum absolute atomic E-state index is 12.7. The summed E-state index contributed by atoms with van der Waals surface area (Å²) in [5, 5.41) is 12.0. The summed E-state index contributed by atoms with van der Waals surface area (Å²) >= 11 is 7.96. The van der Waals surface area contributed by atoms with Crippen molar-refractivity contribution in [3.8, 4) is 12.3 Å². The highest BCUT2D eigenvalue weighted by Crippen LogP contribution is 2.03. The molecule has 15 heteroatoms. The molecular weight excluding hydrogens is 510 g/mol. The first-order chi connectivity index (χ1) is 17.0. The summed E-state index contributed by atoms with van der Waals surface area (Å²) in [6, 6.07) is -4.35. The molecule has 0 rings (SSSR count). The van der Waals surface area contributed by atoms with Crippen LogP contribution < -0.4 is 38.1 Å². The fourth-order valence-electron chi connectivity index (χ4n) is 2.71. The third-order valence-corrected chi connectivity index (χ3v) is 5.43. The monoisotopic (exact) mass is 545 g/mol. The Morgan fingerprint density at radius 2 is 1.47 bits per heavy atom. The Morgan fingerprint density at radius 3 is 2.00 bits per heavy atom. The lowest BCUT2D eigenvalue weighted by molar-refractivity contribution is -0.133. The Balaban J connectivity index is 5.14.